The van der Waals surface area contributed by atoms with Gasteiger partial charge in [-0.2, -0.15) is 12.6 Å². The van der Waals surface area contributed by atoms with Gasteiger partial charge < -0.3 is 4.74 Å². The van der Waals surface area contributed by atoms with E-state index < -0.39 is 0 Å². The maximum Gasteiger partial charge on any atom is 0.128 e. The van der Waals surface area contributed by atoms with Crippen LogP contribution in [0.2, 0.25) is 0 Å². The van der Waals surface area contributed by atoms with E-state index in [2.05, 4.69) is 23.7 Å². The van der Waals surface area contributed by atoms with Gasteiger partial charge in [0.25, 0.3) is 0 Å². The Morgan fingerprint density at radius 3 is 2.43 bits per heavy atom. The van der Waals surface area contributed by atoms with Crippen molar-refractivity contribution in [2.75, 3.05) is 12.4 Å². The lowest BCUT2D eigenvalue weighted by molar-refractivity contribution is 0.307. The summed E-state index contributed by atoms with van der Waals surface area (Å²) in [7, 11) is 0. The van der Waals surface area contributed by atoms with Crippen molar-refractivity contribution < 1.29 is 4.74 Å². The molecular formula is C18H25NOS. The number of hydrogen-bond donors (Lipinski definition) is 1. The van der Waals surface area contributed by atoms with Crippen molar-refractivity contribution in [2.45, 2.75) is 44.9 Å². The van der Waals surface area contributed by atoms with E-state index >= 15 is 0 Å². The monoisotopic (exact) mass is 303 g/mol. The quantitative estimate of drug-likeness (QED) is 0.477. The molecule has 0 amide bonds. The maximum absolute atomic E-state index is 5.91. The van der Waals surface area contributed by atoms with Gasteiger partial charge in [0, 0.05) is 11.6 Å². The van der Waals surface area contributed by atoms with Crippen LogP contribution in [0.15, 0.2) is 36.5 Å². The van der Waals surface area contributed by atoms with Crippen molar-refractivity contribution in [1.82, 2.24) is 4.98 Å². The highest BCUT2D eigenvalue weighted by molar-refractivity contribution is 7.80. The lowest BCUT2D eigenvalue weighted by Gasteiger charge is -2.08. The zero-order valence-corrected chi connectivity index (χ0v) is 13.5. The predicted octanol–water partition coefficient (Wildman–Crippen LogP) is 5.27. The van der Waals surface area contributed by atoms with Gasteiger partial charge in [-0.1, -0.05) is 38.2 Å². The van der Waals surface area contributed by atoms with E-state index in [4.69, 9.17) is 4.74 Å². The summed E-state index contributed by atoms with van der Waals surface area (Å²) < 4.78 is 5.91. The van der Waals surface area contributed by atoms with Gasteiger partial charge >= 0.3 is 0 Å². The lowest BCUT2D eigenvalue weighted by Crippen LogP contribution is -1.98. The van der Waals surface area contributed by atoms with Crippen molar-refractivity contribution in [3.63, 3.8) is 0 Å². The van der Waals surface area contributed by atoms with E-state index in [1.165, 1.54) is 38.5 Å². The van der Waals surface area contributed by atoms with Crippen LogP contribution in [0, 0.1) is 0 Å². The topological polar surface area (TPSA) is 22.1 Å². The zero-order valence-electron chi connectivity index (χ0n) is 12.6. The fourth-order valence-electron chi connectivity index (χ4n) is 2.48. The van der Waals surface area contributed by atoms with Crippen LogP contribution >= 0.6 is 12.6 Å². The minimum Gasteiger partial charge on any atom is -0.493 e. The smallest absolute Gasteiger partial charge is 0.128 e. The highest BCUT2D eigenvalue weighted by Gasteiger charge is 2.01. The van der Waals surface area contributed by atoms with Crippen molar-refractivity contribution in [3.8, 4) is 5.75 Å². The largest absolute Gasteiger partial charge is 0.493 e. The van der Waals surface area contributed by atoms with Crippen LogP contribution in [0.1, 0.15) is 44.9 Å². The Balaban J connectivity index is 1.64. The second-order valence-corrected chi connectivity index (χ2v) is 5.82. The second kappa shape index (κ2) is 9.67. The first-order chi connectivity index (χ1) is 10.4. The van der Waals surface area contributed by atoms with Crippen LogP contribution in [0.5, 0.6) is 5.75 Å². The molecule has 1 aromatic heterocycles. The minimum atomic E-state index is 0.796. The van der Waals surface area contributed by atoms with Crippen molar-refractivity contribution >= 4 is 23.5 Å². The molecule has 0 N–H and O–H groups in total. The van der Waals surface area contributed by atoms with Crippen LogP contribution in [0.3, 0.4) is 0 Å². The molecule has 21 heavy (non-hydrogen) atoms. The first-order valence-electron chi connectivity index (χ1n) is 7.99. The number of unbranched alkanes of at least 4 members (excludes halogenated alkanes) is 6. The van der Waals surface area contributed by atoms with Gasteiger partial charge in [-0.3, -0.25) is 4.98 Å². The molecule has 114 valence electrons. The van der Waals surface area contributed by atoms with Gasteiger partial charge in [0.15, 0.2) is 0 Å². The SMILES string of the molecule is SCCCCCCCCCOc1cccc2ncccc12. The molecule has 0 aliphatic heterocycles. The van der Waals surface area contributed by atoms with E-state index in [-0.39, 0.29) is 0 Å². The Hall–Kier alpha value is -1.22. The summed E-state index contributed by atoms with van der Waals surface area (Å²) in [6.07, 6.45) is 10.8. The molecule has 0 saturated carbocycles. The molecule has 3 heteroatoms. The van der Waals surface area contributed by atoms with Crippen molar-refractivity contribution in [1.29, 1.82) is 0 Å². The molecule has 1 heterocycles. The number of benzene rings is 1. The zero-order chi connectivity index (χ0) is 14.8. The molecule has 0 saturated heterocycles. The van der Waals surface area contributed by atoms with Gasteiger partial charge in [-0.05, 0) is 42.9 Å². The fourth-order valence-corrected chi connectivity index (χ4v) is 2.70. The number of thiol groups is 1. The number of pyridine rings is 1. The first-order valence-corrected chi connectivity index (χ1v) is 8.62. The summed E-state index contributed by atoms with van der Waals surface area (Å²) in [5, 5.41) is 1.10. The Labute approximate surface area is 133 Å². The third kappa shape index (κ3) is 5.58. The molecule has 0 aliphatic carbocycles. The molecule has 0 radical (unpaired) electrons. The average molecular weight is 303 g/mol. The van der Waals surface area contributed by atoms with Crippen LogP contribution in [-0.4, -0.2) is 17.3 Å². The summed E-state index contributed by atoms with van der Waals surface area (Å²) in [5.41, 5.74) is 0.999. The first kappa shape index (κ1) is 16.2. The molecule has 0 fully saturated rings. The third-order valence-corrected chi connectivity index (χ3v) is 3.98. The van der Waals surface area contributed by atoms with Gasteiger partial charge in [-0.25, -0.2) is 0 Å². The van der Waals surface area contributed by atoms with E-state index in [0.717, 1.165) is 35.4 Å². The Morgan fingerprint density at radius 2 is 1.62 bits per heavy atom. The lowest BCUT2D eigenvalue weighted by atomic mass is 10.1. The maximum atomic E-state index is 5.91. The molecule has 0 unspecified atom stereocenters. The van der Waals surface area contributed by atoms with E-state index in [0.29, 0.717) is 0 Å². The predicted molar refractivity (Wildman–Crippen MR) is 93.4 cm³/mol. The van der Waals surface area contributed by atoms with Crippen molar-refractivity contribution in [3.05, 3.63) is 36.5 Å². The van der Waals surface area contributed by atoms with Gasteiger partial charge in [-0.15, -0.1) is 0 Å². The van der Waals surface area contributed by atoms with Gasteiger partial charge in [0.2, 0.25) is 0 Å². The number of hydrogen-bond acceptors (Lipinski definition) is 3. The average Bonchev–Trinajstić information content (AvgIpc) is 2.53. The summed E-state index contributed by atoms with van der Waals surface area (Å²) in [4.78, 5) is 4.35. The summed E-state index contributed by atoms with van der Waals surface area (Å²) in [6.45, 7) is 0.796. The highest BCUT2D eigenvalue weighted by atomic mass is 32.1. The standard InChI is InChI=1S/C18H25NOS/c21-15-7-5-3-1-2-4-6-14-20-18-12-8-11-17-16(18)10-9-13-19-17/h8-13,21H,1-7,14-15H2. The normalized spacial score (nSPS) is 10.9. The van der Waals surface area contributed by atoms with E-state index in [9.17, 15) is 0 Å². The van der Waals surface area contributed by atoms with E-state index in [1.54, 1.807) is 0 Å². The Kier molecular flexibility index (Phi) is 7.44. The molecular weight excluding hydrogens is 278 g/mol. The molecule has 2 rings (SSSR count). The third-order valence-electron chi connectivity index (χ3n) is 3.67. The summed E-state index contributed by atoms with van der Waals surface area (Å²) in [6, 6.07) is 10.1. The summed E-state index contributed by atoms with van der Waals surface area (Å²) >= 11 is 4.23. The van der Waals surface area contributed by atoms with Gasteiger partial charge in [0.05, 0.1) is 12.1 Å². The molecule has 0 bridgehead atoms. The second-order valence-electron chi connectivity index (χ2n) is 5.37. The number of fused-ring (bicyclic) bond motifs is 1. The molecule has 0 aliphatic rings. The molecule has 1 aromatic carbocycles. The molecule has 2 nitrogen and oxygen atoms in total. The Bertz CT molecular complexity index is 524. The van der Waals surface area contributed by atoms with Crippen LogP contribution in [-0.2, 0) is 0 Å². The van der Waals surface area contributed by atoms with Crippen LogP contribution in [0.25, 0.3) is 10.9 Å². The van der Waals surface area contributed by atoms with Gasteiger partial charge in [0.1, 0.15) is 5.75 Å². The number of nitrogens with zero attached hydrogens (tertiary/aromatic N) is 1. The molecule has 0 spiro atoms. The number of ether oxygens (including phenoxy) is 1. The number of aromatic nitrogens is 1. The number of rotatable bonds is 10. The molecule has 2 aromatic rings. The molecule has 0 atom stereocenters. The van der Waals surface area contributed by atoms with Crippen LogP contribution < -0.4 is 4.74 Å². The summed E-state index contributed by atoms with van der Waals surface area (Å²) in [5.74, 6) is 1.97. The fraction of sp³-hybridized carbons (Fsp3) is 0.500. The van der Waals surface area contributed by atoms with Crippen LogP contribution in [0.4, 0.5) is 0 Å². The van der Waals surface area contributed by atoms with Crippen molar-refractivity contribution in [2.24, 2.45) is 0 Å². The highest BCUT2D eigenvalue weighted by Crippen LogP contribution is 2.23. The minimum absolute atomic E-state index is 0.796. The Morgan fingerprint density at radius 1 is 0.857 bits per heavy atom. The van der Waals surface area contributed by atoms with E-state index in [1.807, 2.05) is 30.5 Å².